The molecule has 3 aliphatic rings. The fourth-order valence-electron chi connectivity index (χ4n) is 5.85. The lowest BCUT2D eigenvalue weighted by Crippen LogP contribution is -2.54. The van der Waals surface area contributed by atoms with E-state index in [0.29, 0.717) is 6.42 Å². The van der Waals surface area contributed by atoms with Crippen LogP contribution in [0.2, 0.25) is 0 Å². The predicted octanol–water partition coefficient (Wildman–Crippen LogP) is 1.85. The molecule has 7 nitrogen and oxygen atoms in total. The number of nitrogens with one attached hydrogen (secondary N) is 2. The molecule has 0 aromatic heterocycles. The van der Waals surface area contributed by atoms with Gasteiger partial charge in [0.1, 0.15) is 6.04 Å². The Morgan fingerprint density at radius 2 is 2.00 bits per heavy atom. The average molecular weight is 446 g/mol. The first kappa shape index (κ1) is 22.1. The van der Waals surface area contributed by atoms with Crippen LogP contribution in [0.5, 0.6) is 0 Å². The molecule has 1 aromatic carbocycles. The van der Waals surface area contributed by atoms with Gasteiger partial charge in [-0.15, -0.1) is 11.8 Å². The highest BCUT2D eigenvalue weighted by Gasteiger charge is 2.77. The number of likely N-dealkylation sites (tertiary alicyclic amines) is 1. The van der Waals surface area contributed by atoms with Crippen LogP contribution in [0.25, 0.3) is 0 Å². The molecule has 168 valence electrons. The number of anilines is 1. The minimum atomic E-state index is -0.742. The maximum Gasteiger partial charge on any atom is 0.248 e. The summed E-state index contributed by atoms with van der Waals surface area (Å²) >= 11 is 1.63. The van der Waals surface area contributed by atoms with Crippen LogP contribution in [-0.4, -0.2) is 63.0 Å². The summed E-state index contributed by atoms with van der Waals surface area (Å²) in [7, 11) is 1.59. The molecule has 3 amide bonds. The summed E-state index contributed by atoms with van der Waals surface area (Å²) in [5.41, 5.74) is 2.70. The van der Waals surface area contributed by atoms with Gasteiger partial charge in [0.2, 0.25) is 17.7 Å². The number of hydrogen-bond acceptors (Lipinski definition) is 5. The zero-order valence-electron chi connectivity index (χ0n) is 18.7. The van der Waals surface area contributed by atoms with Crippen LogP contribution >= 0.6 is 11.8 Å². The normalized spacial score (nSPS) is 34.6. The maximum absolute atomic E-state index is 13.7. The third-order valence-electron chi connectivity index (χ3n) is 7.38. The summed E-state index contributed by atoms with van der Waals surface area (Å²) in [4.78, 5) is 41.8. The molecular formula is C23H31N3O4S. The number of rotatable bonds is 5. The Bertz CT molecular complexity index is 953. The number of fused-ring (bicyclic) bond motifs is 1. The first-order valence-electron chi connectivity index (χ1n) is 10.8. The van der Waals surface area contributed by atoms with Crippen LogP contribution in [-0.2, 0) is 14.4 Å². The number of benzene rings is 1. The van der Waals surface area contributed by atoms with Gasteiger partial charge in [0, 0.05) is 17.5 Å². The quantitative estimate of drug-likeness (QED) is 0.643. The monoisotopic (exact) mass is 445 g/mol. The summed E-state index contributed by atoms with van der Waals surface area (Å²) in [5.74, 6) is -1.66. The van der Waals surface area contributed by atoms with Gasteiger partial charge in [0.25, 0.3) is 0 Å². The van der Waals surface area contributed by atoms with Gasteiger partial charge in [0.15, 0.2) is 0 Å². The molecule has 4 rings (SSSR count). The van der Waals surface area contributed by atoms with Gasteiger partial charge in [-0.1, -0.05) is 12.1 Å². The van der Waals surface area contributed by atoms with Gasteiger partial charge in [-0.2, -0.15) is 0 Å². The molecule has 1 aromatic rings. The predicted molar refractivity (Wildman–Crippen MR) is 121 cm³/mol. The molecule has 2 unspecified atom stereocenters. The van der Waals surface area contributed by atoms with E-state index in [-0.39, 0.29) is 29.1 Å². The van der Waals surface area contributed by atoms with E-state index in [1.54, 1.807) is 30.6 Å². The number of amides is 3. The van der Waals surface area contributed by atoms with E-state index in [1.807, 2.05) is 39.0 Å². The Balaban J connectivity index is 1.78. The van der Waals surface area contributed by atoms with Crippen molar-refractivity contribution in [2.24, 2.45) is 11.8 Å². The lowest BCUT2D eigenvalue weighted by Gasteiger charge is -2.36. The van der Waals surface area contributed by atoms with E-state index in [4.69, 9.17) is 0 Å². The van der Waals surface area contributed by atoms with Gasteiger partial charge in [0.05, 0.1) is 29.2 Å². The molecule has 0 aliphatic carbocycles. The lowest BCUT2D eigenvalue weighted by atomic mass is 9.66. The van der Waals surface area contributed by atoms with Gasteiger partial charge in [-0.05, 0) is 57.7 Å². The smallest absolute Gasteiger partial charge is 0.248 e. The second-order valence-corrected chi connectivity index (χ2v) is 11.3. The van der Waals surface area contributed by atoms with E-state index in [9.17, 15) is 19.5 Å². The Labute approximate surface area is 187 Å². The Kier molecular flexibility index (Phi) is 5.37. The second kappa shape index (κ2) is 7.52. The van der Waals surface area contributed by atoms with Crippen molar-refractivity contribution in [2.45, 2.75) is 62.1 Å². The van der Waals surface area contributed by atoms with E-state index in [2.05, 4.69) is 10.6 Å². The molecule has 1 spiro atoms. The molecule has 3 heterocycles. The molecular weight excluding hydrogens is 414 g/mol. The third kappa shape index (κ3) is 3.09. The topological polar surface area (TPSA) is 98.7 Å². The van der Waals surface area contributed by atoms with E-state index < -0.39 is 28.7 Å². The summed E-state index contributed by atoms with van der Waals surface area (Å²) in [6.07, 6.45) is 1.46. The molecule has 3 aliphatic heterocycles. The largest absolute Gasteiger partial charge is 0.394 e. The van der Waals surface area contributed by atoms with Crippen molar-refractivity contribution in [3.05, 3.63) is 29.3 Å². The average Bonchev–Trinajstić information content (AvgIpc) is 3.30. The molecule has 3 fully saturated rings. The Morgan fingerprint density at radius 3 is 2.65 bits per heavy atom. The molecule has 31 heavy (non-hydrogen) atoms. The SMILES string of the molecule is CNC(=O)[C@@H]1[C@H]2C(=O)N([C@H](C)CO)C(C(=O)Nc3cc(C)ccc3C)C23CC[C@@]1(C)S3. The van der Waals surface area contributed by atoms with Crippen molar-refractivity contribution < 1.29 is 19.5 Å². The van der Waals surface area contributed by atoms with Crippen LogP contribution < -0.4 is 10.6 Å². The Hall–Kier alpha value is -2.06. The highest BCUT2D eigenvalue weighted by molar-refractivity contribution is 8.02. The summed E-state index contributed by atoms with van der Waals surface area (Å²) < 4.78 is -1.05. The highest BCUT2D eigenvalue weighted by Crippen LogP contribution is 2.71. The first-order chi connectivity index (χ1) is 14.6. The third-order valence-corrected chi connectivity index (χ3v) is 9.37. The van der Waals surface area contributed by atoms with Crippen LogP contribution in [0.1, 0.15) is 37.8 Å². The zero-order chi connectivity index (χ0) is 22.7. The molecule has 0 saturated carbocycles. The van der Waals surface area contributed by atoms with Crippen molar-refractivity contribution in [1.82, 2.24) is 10.2 Å². The van der Waals surface area contributed by atoms with Crippen molar-refractivity contribution in [2.75, 3.05) is 19.0 Å². The highest BCUT2D eigenvalue weighted by atomic mass is 32.2. The molecule has 6 atom stereocenters. The van der Waals surface area contributed by atoms with Gasteiger partial charge in [-0.3, -0.25) is 14.4 Å². The molecule has 8 heteroatoms. The first-order valence-corrected chi connectivity index (χ1v) is 11.6. The number of carbonyl (C=O) groups excluding carboxylic acids is 3. The van der Waals surface area contributed by atoms with Crippen LogP contribution in [0.15, 0.2) is 18.2 Å². The van der Waals surface area contributed by atoms with Gasteiger partial charge >= 0.3 is 0 Å². The summed E-state index contributed by atoms with van der Waals surface area (Å²) in [5, 5.41) is 15.7. The second-order valence-electron chi connectivity index (χ2n) is 9.43. The van der Waals surface area contributed by atoms with Crippen LogP contribution in [0.4, 0.5) is 5.69 Å². The number of carbonyl (C=O) groups is 3. The molecule has 2 bridgehead atoms. The number of hydrogen-bond donors (Lipinski definition) is 3. The van der Waals surface area contributed by atoms with Crippen molar-refractivity contribution >= 4 is 35.2 Å². The molecule has 3 saturated heterocycles. The number of aliphatic hydroxyl groups is 1. The van der Waals surface area contributed by atoms with E-state index in [1.165, 1.54) is 0 Å². The number of aryl methyl sites for hydroxylation is 2. The minimum absolute atomic E-state index is 0.151. The van der Waals surface area contributed by atoms with Crippen LogP contribution in [0, 0.1) is 25.7 Å². The van der Waals surface area contributed by atoms with Crippen molar-refractivity contribution in [3.8, 4) is 0 Å². The number of thioether (sulfide) groups is 1. The number of aliphatic hydroxyl groups excluding tert-OH is 1. The summed E-state index contributed by atoms with van der Waals surface area (Å²) in [6, 6.07) is 4.61. The fourth-order valence-corrected chi connectivity index (χ4v) is 8.20. The zero-order valence-corrected chi connectivity index (χ0v) is 19.5. The van der Waals surface area contributed by atoms with Gasteiger partial charge in [-0.25, -0.2) is 0 Å². The Morgan fingerprint density at radius 1 is 1.29 bits per heavy atom. The molecule has 3 N–H and O–H groups in total. The van der Waals surface area contributed by atoms with Crippen molar-refractivity contribution in [1.29, 1.82) is 0 Å². The van der Waals surface area contributed by atoms with E-state index in [0.717, 1.165) is 23.2 Å². The van der Waals surface area contributed by atoms with Crippen molar-refractivity contribution in [3.63, 3.8) is 0 Å². The molecule has 0 radical (unpaired) electrons. The fraction of sp³-hybridized carbons (Fsp3) is 0.609. The number of nitrogens with zero attached hydrogens (tertiary/aromatic N) is 1. The van der Waals surface area contributed by atoms with Gasteiger partial charge < -0.3 is 20.6 Å². The lowest BCUT2D eigenvalue weighted by molar-refractivity contribution is -0.142. The van der Waals surface area contributed by atoms with E-state index >= 15 is 0 Å². The minimum Gasteiger partial charge on any atom is -0.394 e. The standard InChI is InChI=1S/C23H31N3O4S/c1-12-6-7-13(2)15(10-12)25-20(29)18-23-9-8-22(4,31-23)16(19(28)24-5)17(23)21(30)26(18)14(3)11-27/h6-7,10,14,16-18,27H,8-9,11H2,1-5H3,(H,24,28)(H,25,29)/t14-,16+,17+,18?,22-,23?/m1/s1. The maximum atomic E-state index is 13.7. The van der Waals surface area contributed by atoms with Crippen LogP contribution in [0.3, 0.4) is 0 Å². The summed E-state index contributed by atoms with van der Waals surface area (Å²) in [6.45, 7) is 7.45.